The fourth-order valence-corrected chi connectivity index (χ4v) is 2.56. The second kappa shape index (κ2) is 5.21. The van der Waals surface area contributed by atoms with Gasteiger partial charge in [-0.15, -0.1) is 0 Å². The first-order valence-corrected chi connectivity index (χ1v) is 6.53. The molecule has 0 aromatic heterocycles. The highest BCUT2D eigenvalue weighted by molar-refractivity contribution is 5.73. The lowest BCUT2D eigenvalue weighted by Crippen LogP contribution is -2.54. The number of hydrogen-bond acceptors (Lipinski definition) is 3. The summed E-state index contributed by atoms with van der Waals surface area (Å²) in [6.45, 7) is 4.69. The molecule has 0 amide bonds. The molecule has 4 nitrogen and oxygen atoms in total. The maximum atomic E-state index is 11.4. The van der Waals surface area contributed by atoms with Crippen molar-refractivity contribution < 1.29 is 19.4 Å². The zero-order chi connectivity index (χ0) is 14.0. The smallest absolute Gasteiger partial charge is 0.307 e. The van der Waals surface area contributed by atoms with Gasteiger partial charge in [0.1, 0.15) is 5.75 Å². The van der Waals surface area contributed by atoms with E-state index < -0.39 is 17.3 Å². The Hall–Kier alpha value is -1.55. The minimum Gasteiger partial charge on any atom is -0.496 e. The molecule has 19 heavy (non-hydrogen) atoms. The van der Waals surface area contributed by atoms with Crippen LogP contribution in [0.2, 0.25) is 0 Å². The second-order valence-electron chi connectivity index (χ2n) is 5.10. The summed E-state index contributed by atoms with van der Waals surface area (Å²) in [5, 5.41) is 9.34. The summed E-state index contributed by atoms with van der Waals surface area (Å²) in [6.07, 6.45) is 0.912. The molecule has 104 valence electrons. The van der Waals surface area contributed by atoms with Crippen molar-refractivity contribution >= 4 is 5.97 Å². The molecule has 1 heterocycles. The van der Waals surface area contributed by atoms with E-state index in [4.69, 9.17) is 9.47 Å². The van der Waals surface area contributed by atoms with Crippen LogP contribution in [0.15, 0.2) is 18.2 Å². The van der Waals surface area contributed by atoms with E-state index in [-0.39, 0.29) is 0 Å². The van der Waals surface area contributed by atoms with Crippen LogP contribution in [0.5, 0.6) is 5.75 Å². The molecule has 1 aliphatic heterocycles. The van der Waals surface area contributed by atoms with Gasteiger partial charge >= 0.3 is 5.97 Å². The molecule has 1 aliphatic rings. The average molecular weight is 264 g/mol. The van der Waals surface area contributed by atoms with Gasteiger partial charge in [-0.3, -0.25) is 4.79 Å². The monoisotopic (exact) mass is 264 g/mol. The average Bonchev–Trinajstić information content (AvgIpc) is 2.37. The van der Waals surface area contributed by atoms with Crippen LogP contribution in [-0.4, -0.2) is 31.4 Å². The van der Waals surface area contributed by atoms with Gasteiger partial charge in [0.15, 0.2) is 0 Å². The fourth-order valence-electron chi connectivity index (χ4n) is 2.56. The molecule has 0 saturated carbocycles. The van der Waals surface area contributed by atoms with E-state index in [0.29, 0.717) is 13.2 Å². The summed E-state index contributed by atoms with van der Waals surface area (Å²) in [5.74, 6) is -0.553. The van der Waals surface area contributed by atoms with Crippen molar-refractivity contribution in [1.82, 2.24) is 0 Å². The van der Waals surface area contributed by atoms with Crippen LogP contribution in [-0.2, 0) is 21.4 Å². The lowest BCUT2D eigenvalue weighted by Gasteiger charge is -2.45. The number of aryl methyl sites for hydroxylation is 1. The number of ether oxygens (including phenoxy) is 2. The van der Waals surface area contributed by atoms with Gasteiger partial charge in [-0.05, 0) is 18.1 Å². The van der Waals surface area contributed by atoms with Crippen molar-refractivity contribution in [3.8, 4) is 5.75 Å². The van der Waals surface area contributed by atoms with Crippen molar-refractivity contribution in [3.63, 3.8) is 0 Å². The van der Waals surface area contributed by atoms with Crippen molar-refractivity contribution in [2.75, 3.05) is 20.3 Å². The molecule has 0 radical (unpaired) electrons. The van der Waals surface area contributed by atoms with Gasteiger partial charge in [0.05, 0.1) is 31.7 Å². The molecular formula is C15H20O4. The zero-order valence-electron chi connectivity index (χ0n) is 11.6. The number of carboxylic acids is 1. The first kappa shape index (κ1) is 13.9. The fraction of sp³-hybridized carbons (Fsp3) is 0.533. The predicted molar refractivity (Wildman–Crippen MR) is 71.7 cm³/mol. The van der Waals surface area contributed by atoms with Crippen LogP contribution in [0.4, 0.5) is 0 Å². The first-order valence-electron chi connectivity index (χ1n) is 6.53. The molecule has 1 saturated heterocycles. The lowest BCUT2D eigenvalue weighted by atomic mass is 9.68. The molecule has 0 aliphatic carbocycles. The molecule has 1 N–H and O–H groups in total. The van der Waals surface area contributed by atoms with Gasteiger partial charge in [0.2, 0.25) is 0 Å². The molecule has 1 atom stereocenters. The van der Waals surface area contributed by atoms with Gasteiger partial charge in [0, 0.05) is 5.56 Å². The van der Waals surface area contributed by atoms with Crippen LogP contribution in [0.1, 0.15) is 25.0 Å². The van der Waals surface area contributed by atoms with Crippen LogP contribution in [0.3, 0.4) is 0 Å². The maximum absolute atomic E-state index is 11.4. The van der Waals surface area contributed by atoms with E-state index in [1.54, 1.807) is 14.0 Å². The molecule has 1 aromatic carbocycles. The van der Waals surface area contributed by atoms with Gasteiger partial charge in [0.25, 0.3) is 0 Å². The number of aliphatic carboxylic acids is 1. The standard InChI is InChI=1S/C15H20O4/c1-4-11-5-6-13(18-3)12(7-11)15(8-19-9-15)10(2)14(16)17/h5-7,10H,4,8-9H2,1-3H3,(H,16,17). The Kier molecular flexibility index (Phi) is 3.80. The van der Waals surface area contributed by atoms with Crippen molar-refractivity contribution in [3.05, 3.63) is 29.3 Å². The quantitative estimate of drug-likeness (QED) is 0.886. The van der Waals surface area contributed by atoms with Crippen LogP contribution >= 0.6 is 0 Å². The van der Waals surface area contributed by atoms with E-state index in [1.165, 1.54) is 5.56 Å². The zero-order valence-corrected chi connectivity index (χ0v) is 11.6. The number of benzene rings is 1. The third kappa shape index (κ3) is 2.21. The minimum absolute atomic E-state index is 0.435. The Balaban J connectivity index is 2.50. The topological polar surface area (TPSA) is 55.8 Å². The molecule has 0 bridgehead atoms. The van der Waals surface area contributed by atoms with Crippen molar-refractivity contribution in [2.45, 2.75) is 25.7 Å². The molecule has 4 heteroatoms. The highest BCUT2D eigenvalue weighted by Crippen LogP contribution is 2.44. The summed E-state index contributed by atoms with van der Waals surface area (Å²) in [5.41, 5.74) is 1.66. The van der Waals surface area contributed by atoms with Gasteiger partial charge in [-0.25, -0.2) is 0 Å². The van der Waals surface area contributed by atoms with Gasteiger partial charge in [-0.1, -0.05) is 26.0 Å². The lowest BCUT2D eigenvalue weighted by molar-refractivity contribution is -0.155. The Labute approximate surface area is 113 Å². The first-order chi connectivity index (χ1) is 9.05. The van der Waals surface area contributed by atoms with Crippen molar-refractivity contribution in [1.29, 1.82) is 0 Å². The van der Waals surface area contributed by atoms with E-state index >= 15 is 0 Å². The summed E-state index contributed by atoms with van der Waals surface area (Å²) in [6, 6.07) is 5.99. The summed E-state index contributed by atoms with van der Waals surface area (Å²) in [7, 11) is 1.61. The number of methoxy groups -OCH3 is 1. The Morgan fingerprint density at radius 1 is 1.53 bits per heavy atom. The van der Waals surface area contributed by atoms with Gasteiger partial charge in [-0.2, -0.15) is 0 Å². The Morgan fingerprint density at radius 3 is 2.63 bits per heavy atom. The van der Waals surface area contributed by atoms with E-state index in [0.717, 1.165) is 17.7 Å². The summed E-state index contributed by atoms with van der Waals surface area (Å²) < 4.78 is 10.7. The van der Waals surface area contributed by atoms with Crippen LogP contribution in [0.25, 0.3) is 0 Å². The number of carbonyl (C=O) groups is 1. The third-order valence-corrected chi connectivity index (χ3v) is 4.13. The molecular weight excluding hydrogens is 244 g/mol. The predicted octanol–water partition coefficient (Wildman–Crippen LogP) is 2.25. The Bertz CT molecular complexity index is 477. The van der Waals surface area contributed by atoms with Crippen LogP contribution in [0, 0.1) is 5.92 Å². The van der Waals surface area contributed by atoms with E-state index in [2.05, 4.69) is 13.0 Å². The molecule has 1 aromatic rings. The third-order valence-electron chi connectivity index (χ3n) is 4.13. The highest BCUT2D eigenvalue weighted by Gasteiger charge is 2.49. The van der Waals surface area contributed by atoms with Gasteiger partial charge < -0.3 is 14.6 Å². The molecule has 0 spiro atoms. The minimum atomic E-state index is -0.799. The van der Waals surface area contributed by atoms with Crippen molar-refractivity contribution in [2.24, 2.45) is 5.92 Å². The van der Waals surface area contributed by atoms with E-state index in [9.17, 15) is 9.90 Å². The van der Waals surface area contributed by atoms with E-state index in [1.807, 2.05) is 12.1 Å². The summed E-state index contributed by atoms with van der Waals surface area (Å²) >= 11 is 0. The van der Waals surface area contributed by atoms with Crippen LogP contribution < -0.4 is 4.74 Å². The summed E-state index contributed by atoms with van der Waals surface area (Å²) in [4.78, 5) is 11.4. The second-order valence-corrected chi connectivity index (χ2v) is 5.10. The number of hydrogen-bond donors (Lipinski definition) is 1. The molecule has 1 unspecified atom stereocenters. The normalized spacial score (nSPS) is 18.5. The Morgan fingerprint density at radius 2 is 2.21 bits per heavy atom. The number of carboxylic acid groups (broad SMARTS) is 1. The largest absolute Gasteiger partial charge is 0.496 e. The number of rotatable bonds is 5. The SMILES string of the molecule is CCc1ccc(OC)c(C2(C(C)C(=O)O)COC2)c1. The molecule has 2 rings (SSSR count). The highest BCUT2D eigenvalue weighted by atomic mass is 16.5. The molecule has 1 fully saturated rings. The maximum Gasteiger partial charge on any atom is 0.307 e.